The molecule has 0 saturated carbocycles. The molecular weight excluding hydrogens is 284 g/mol. The average Bonchev–Trinajstić information content (AvgIpc) is 2.48. The van der Waals surface area contributed by atoms with Gasteiger partial charge < -0.3 is 10.2 Å². The Bertz CT molecular complexity index is 349. The lowest BCUT2D eigenvalue weighted by atomic mass is 9.93. The predicted octanol–water partition coefficient (Wildman–Crippen LogP) is 2.67. The van der Waals surface area contributed by atoms with Crippen molar-refractivity contribution in [2.75, 3.05) is 18.1 Å². The highest BCUT2D eigenvalue weighted by atomic mass is 32.2. The Kier molecular flexibility index (Phi) is 8.15. The van der Waals surface area contributed by atoms with Crippen molar-refractivity contribution in [3.8, 4) is 0 Å². The van der Waals surface area contributed by atoms with Crippen LogP contribution in [0.4, 0.5) is 0 Å². The van der Waals surface area contributed by atoms with Gasteiger partial charge in [-0.1, -0.05) is 40.5 Å². The number of rotatable bonds is 9. The van der Waals surface area contributed by atoms with Crippen LogP contribution in [0.2, 0.25) is 0 Å². The molecular formula is C16H30N2O2S. The summed E-state index contributed by atoms with van der Waals surface area (Å²) < 4.78 is 0. The Morgan fingerprint density at radius 1 is 1.29 bits per heavy atom. The van der Waals surface area contributed by atoms with Gasteiger partial charge in [-0.25, -0.2) is 0 Å². The number of nitrogens with one attached hydrogen (secondary N) is 1. The Balaban J connectivity index is 2.77. The quantitative estimate of drug-likeness (QED) is 0.666. The molecule has 1 rings (SSSR count). The van der Waals surface area contributed by atoms with Gasteiger partial charge in [0.05, 0.1) is 0 Å². The minimum Gasteiger partial charge on any atom is -0.342 e. The topological polar surface area (TPSA) is 49.4 Å². The summed E-state index contributed by atoms with van der Waals surface area (Å²) in [5, 5.41) is 2.95. The van der Waals surface area contributed by atoms with E-state index < -0.39 is 0 Å². The minimum absolute atomic E-state index is 0.0323. The van der Waals surface area contributed by atoms with Crippen molar-refractivity contribution in [3.63, 3.8) is 0 Å². The minimum atomic E-state index is -0.338. The van der Waals surface area contributed by atoms with Crippen molar-refractivity contribution in [2.45, 2.75) is 65.5 Å². The van der Waals surface area contributed by atoms with Gasteiger partial charge in [0, 0.05) is 6.54 Å². The van der Waals surface area contributed by atoms with Crippen molar-refractivity contribution in [1.82, 2.24) is 10.2 Å². The lowest BCUT2D eigenvalue weighted by Crippen LogP contribution is -2.65. The van der Waals surface area contributed by atoms with Gasteiger partial charge in [-0.3, -0.25) is 9.59 Å². The average molecular weight is 314 g/mol. The summed E-state index contributed by atoms with van der Waals surface area (Å²) in [5.74, 6) is 2.49. The summed E-state index contributed by atoms with van der Waals surface area (Å²) >= 11 is 1.89. The van der Waals surface area contributed by atoms with Crippen LogP contribution in [0.15, 0.2) is 0 Å². The zero-order valence-electron chi connectivity index (χ0n) is 13.9. The number of piperazine rings is 1. The lowest BCUT2D eigenvalue weighted by molar-refractivity contribution is -0.151. The maximum atomic E-state index is 12.7. The summed E-state index contributed by atoms with van der Waals surface area (Å²) in [7, 11) is 0. The molecule has 0 aromatic carbocycles. The van der Waals surface area contributed by atoms with Gasteiger partial charge in [0.1, 0.15) is 12.1 Å². The van der Waals surface area contributed by atoms with Crippen molar-refractivity contribution in [2.24, 2.45) is 5.92 Å². The van der Waals surface area contributed by atoms with E-state index in [0.717, 1.165) is 37.2 Å². The van der Waals surface area contributed by atoms with Crippen LogP contribution in [0.3, 0.4) is 0 Å². The maximum absolute atomic E-state index is 12.7. The van der Waals surface area contributed by atoms with E-state index in [0.29, 0.717) is 6.54 Å². The number of amides is 2. The summed E-state index contributed by atoms with van der Waals surface area (Å²) in [4.78, 5) is 26.9. The number of hydrogen-bond acceptors (Lipinski definition) is 3. The summed E-state index contributed by atoms with van der Waals surface area (Å²) in [5.41, 5.74) is 0. The molecule has 0 aliphatic carbocycles. The molecule has 2 amide bonds. The zero-order chi connectivity index (χ0) is 15.8. The second kappa shape index (κ2) is 9.34. The van der Waals surface area contributed by atoms with E-state index in [4.69, 9.17) is 0 Å². The first kappa shape index (κ1) is 18.3. The molecule has 0 radical (unpaired) electrons. The van der Waals surface area contributed by atoms with Gasteiger partial charge in [-0.2, -0.15) is 11.8 Å². The number of carbonyl (C=O) groups is 2. The third kappa shape index (κ3) is 4.90. The molecule has 1 fully saturated rings. The monoisotopic (exact) mass is 314 g/mol. The summed E-state index contributed by atoms with van der Waals surface area (Å²) in [6.07, 6.45) is 3.53. The second-order valence-corrected chi connectivity index (χ2v) is 7.15. The molecule has 3 unspecified atom stereocenters. The second-order valence-electron chi connectivity index (χ2n) is 5.76. The molecule has 1 N–H and O–H groups in total. The normalized spacial score (nSPS) is 24.1. The molecule has 21 heavy (non-hydrogen) atoms. The van der Waals surface area contributed by atoms with Crippen LogP contribution >= 0.6 is 11.8 Å². The van der Waals surface area contributed by atoms with E-state index in [-0.39, 0.29) is 29.8 Å². The molecule has 1 aliphatic heterocycles. The van der Waals surface area contributed by atoms with Crippen LogP contribution in [-0.4, -0.2) is 46.8 Å². The number of hydrogen-bond donors (Lipinski definition) is 1. The third-order valence-electron chi connectivity index (χ3n) is 4.19. The smallest absolute Gasteiger partial charge is 0.246 e. The van der Waals surface area contributed by atoms with Crippen LogP contribution in [0.5, 0.6) is 0 Å². The molecule has 4 nitrogen and oxygen atoms in total. The first-order chi connectivity index (χ1) is 10.1. The van der Waals surface area contributed by atoms with E-state index >= 15 is 0 Å². The molecule has 0 aromatic heterocycles. The van der Waals surface area contributed by atoms with E-state index in [9.17, 15) is 9.59 Å². The summed E-state index contributed by atoms with van der Waals surface area (Å²) in [6.45, 7) is 9.00. The Hall–Kier alpha value is -0.710. The molecule has 3 atom stereocenters. The van der Waals surface area contributed by atoms with Crippen LogP contribution in [0, 0.1) is 5.92 Å². The van der Waals surface area contributed by atoms with Crippen molar-refractivity contribution >= 4 is 23.6 Å². The van der Waals surface area contributed by atoms with Crippen molar-refractivity contribution in [3.05, 3.63) is 0 Å². The van der Waals surface area contributed by atoms with Gasteiger partial charge in [0.15, 0.2) is 0 Å². The van der Waals surface area contributed by atoms with E-state index in [1.807, 2.05) is 23.6 Å². The zero-order valence-corrected chi connectivity index (χ0v) is 14.7. The number of nitrogens with zero attached hydrogens (tertiary/aromatic N) is 1. The molecule has 0 spiro atoms. The SMILES string of the molecule is CCCC1C(=O)NC(C(C)CC)C(=O)N1CCCSCC. The first-order valence-corrected chi connectivity index (χ1v) is 9.40. The highest BCUT2D eigenvalue weighted by Crippen LogP contribution is 2.21. The predicted molar refractivity (Wildman–Crippen MR) is 89.4 cm³/mol. The van der Waals surface area contributed by atoms with Crippen LogP contribution in [0.1, 0.15) is 53.4 Å². The van der Waals surface area contributed by atoms with Crippen LogP contribution in [0.25, 0.3) is 0 Å². The molecule has 1 aliphatic rings. The number of carbonyl (C=O) groups excluding carboxylic acids is 2. The van der Waals surface area contributed by atoms with Crippen molar-refractivity contribution < 1.29 is 9.59 Å². The maximum Gasteiger partial charge on any atom is 0.246 e. The molecule has 5 heteroatoms. The summed E-state index contributed by atoms with van der Waals surface area (Å²) in [6, 6.07) is -0.608. The molecule has 0 bridgehead atoms. The van der Waals surface area contributed by atoms with Gasteiger partial charge in [-0.05, 0) is 30.3 Å². The van der Waals surface area contributed by atoms with E-state index in [2.05, 4.69) is 26.1 Å². The highest BCUT2D eigenvalue weighted by molar-refractivity contribution is 7.99. The third-order valence-corrected chi connectivity index (χ3v) is 5.18. The van der Waals surface area contributed by atoms with Crippen LogP contribution < -0.4 is 5.32 Å². The molecule has 1 saturated heterocycles. The lowest BCUT2D eigenvalue weighted by Gasteiger charge is -2.40. The largest absolute Gasteiger partial charge is 0.342 e. The fraction of sp³-hybridized carbons (Fsp3) is 0.875. The molecule has 1 heterocycles. The standard InChI is InChI=1S/C16H30N2O2S/c1-5-9-13-15(19)17-14(12(4)6-2)16(20)18(13)10-8-11-21-7-3/h12-14H,5-11H2,1-4H3,(H,17,19). The van der Waals surface area contributed by atoms with Gasteiger partial charge in [0.25, 0.3) is 0 Å². The van der Waals surface area contributed by atoms with E-state index in [1.165, 1.54) is 0 Å². The van der Waals surface area contributed by atoms with Crippen LogP contribution in [-0.2, 0) is 9.59 Å². The highest BCUT2D eigenvalue weighted by Gasteiger charge is 2.41. The van der Waals surface area contributed by atoms with E-state index in [1.54, 1.807) is 0 Å². The fourth-order valence-corrected chi connectivity index (χ4v) is 3.34. The van der Waals surface area contributed by atoms with Crippen molar-refractivity contribution in [1.29, 1.82) is 0 Å². The Morgan fingerprint density at radius 3 is 2.57 bits per heavy atom. The Morgan fingerprint density at radius 2 is 2.00 bits per heavy atom. The van der Waals surface area contributed by atoms with Gasteiger partial charge >= 0.3 is 0 Å². The number of thioether (sulfide) groups is 1. The Labute approximate surface area is 133 Å². The molecule has 122 valence electrons. The first-order valence-electron chi connectivity index (χ1n) is 8.25. The molecule has 0 aromatic rings. The van der Waals surface area contributed by atoms with Gasteiger partial charge in [-0.15, -0.1) is 0 Å². The fourth-order valence-electron chi connectivity index (χ4n) is 2.71. The van der Waals surface area contributed by atoms with Gasteiger partial charge in [0.2, 0.25) is 11.8 Å².